The maximum Gasteiger partial charge on any atom is 0.259 e. The summed E-state index contributed by atoms with van der Waals surface area (Å²) in [7, 11) is -2.30. The molecule has 2 saturated heterocycles. The first kappa shape index (κ1) is 39.8. The van der Waals surface area contributed by atoms with Crippen LogP contribution in [-0.4, -0.2) is 110 Å². The molecule has 58 heavy (non-hydrogen) atoms. The second-order valence-corrected chi connectivity index (χ2v) is 18.1. The van der Waals surface area contributed by atoms with Crippen LogP contribution in [0.5, 0.6) is 11.5 Å². The number of aromatic nitrogens is 1. The summed E-state index contributed by atoms with van der Waals surface area (Å²) in [6.45, 7) is 1.83. The van der Waals surface area contributed by atoms with Crippen LogP contribution in [0.3, 0.4) is 0 Å². The molecule has 308 valence electrons. The second kappa shape index (κ2) is 16.7. The van der Waals surface area contributed by atoms with Crippen LogP contribution in [0.4, 0.5) is 0 Å². The van der Waals surface area contributed by atoms with Crippen molar-refractivity contribution in [2.24, 2.45) is 11.8 Å². The van der Waals surface area contributed by atoms with E-state index in [9.17, 15) is 27.6 Å². The van der Waals surface area contributed by atoms with Gasteiger partial charge in [0.05, 0.1) is 43.3 Å². The molecule has 3 aliphatic heterocycles. The molecule has 4 amide bonds. The fourth-order valence-corrected chi connectivity index (χ4v) is 9.83. The van der Waals surface area contributed by atoms with Gasteiger partial charge in [-0.1, -0.05) is 55.3 Å². The predicted octanol–water partition coefficient (Wildman–Crippen LogP) is 4.13. The molecule has 5 aliphatic rings. The maximum absolute atomic E-state index is 14.8. The summed E-state index contributed by atoms with van der Waals surface area (Å²) in [6, 6.07) is 16.0. The van der Waals surface area contributed by atoms with Gasteiger partial charge in [-0.2, -0.15) is 0 Å². The SMILES string of the molecule is COc1ccc2c(O[C@@H]3C[C@H]4C(=O)N[C@]5(C(=O)NS(=O)(=O)C6CC6)C[C@H]5C=CCCCCC[C@H](CC(=O)N5CCOCC5)C(=O)N4C3)cc(-c3ccccc3)nc2c1. The van der Waals surface area contributed by atoms with E-state index in [4.69, 9.17) is 19.2 Å². The van der Waals surface area contributed by atoms with Crippen molar-refractivity contribution in [3.05, 3.63) is 66.7 Å². The number of hydrogen-bond donors (Lipinski definition) is 2. The Bertz CT molecular complexity index is 2190. The number of fused-ring (bicyclic) bond motifs is 3. The zero-order valence-electron chi connectivity index (χ0n) is 32.8. The Labute approximate surface area is 338 Å². The average molecular weight is 814 g/mol. The molecule has 4 heterocycles. The molecule has 2 N–H and O–H groups in total. The molecule has 8 rings (SSSR count). The lowest BCUT2D eigenvalue weighted by atomic mass is 9.94. The molecule has 0 radical (unpaired) electrons. The van der Waals surface area contributed by atoms with Crippen LogP contribution in [0.1, 0.15) is 64.2 Å². The van der Waals surface area contributed by atoms with E-state index in [1.54, 1.807) is 12.0 Å². The molecule has 0 unspecified atom stereocenters. The number of hydrogen-bond acceptors (Lipinski definition) is 10. The van der Waals surface area contributed by atoms with Crippen molar-refractivity contribution in [1.29, 1.82) is 0 Å². The number of pyridine rings is 1. The van der Waals surface area contributed by atoms with Gasteiger partial charge in [-0.25, -0.2) is 13.4 Å². The molecule has 5 atom stereocenters. The number of benzene rings is 2. The number of methoxy groups -OCH3 is 1. The molecule has 4 fully saturated rings. The minimum absolute atomic E-state index is 0.000195. The van der Waals surface area contributed by atoms with E-state index in [-0.39, 0.29) is 37.6 Å². The van der Waals surface area contributed by atoms with Gasteiger partial charge in [0.15, 0.2) is 0 Å². The van der Waals surface area contributed by atoms with E-state index < -0.39 is 56.6 Å². The first-order valence-electron chi connectivity index (χ1n) is 20.5. The van der Waals surface area contributed by atoms with Gasteiger partial charge in [0.1, 0.15) is 29.2 Å². The van der Waals surface area contributed by atoms with Crippen LogP contribution in [-0.2, 0) is 33.9 Å². The number of nitrogens with zero attached hydrogens (tertiary/aromatic N) is 3. The molecule has 2 aromatic carbocycles. The summed E-state index contributed by atoms with van der Waals surface area (Å²) in [5.41, 5.74) is 0.696. The molecule has 15 heteroatoms. The Morgan fingerprint density at radius 3 is 2.57 bits per heavy atom. The minimum atomic E-state index is -3.89. The quantitative estimate of drug-likeness (QED) is 0.299. The molecule has 14 nitrogen and oxygen atoms in total. The summed E-state index contributed by atoms with van der Waals surface area (Å²) in [5.74, 6) is -1.75. The van der Waals surface area contributed by atoms with Crippen molar-refractivity contribution in [3.63, 3.8) is 0 Å². The molecular weight excluding hydrogens is 763 g/mol. The number of morpholine rings is 1. The maximum atomic E-state index is 14.8. The first-order chi connectivity index (χ1) is 28.0. The number of carbonyl (C=O) groups is 4. The fraction of sp³-hybridized carbons (Fsp3) is 0.512. The molecule has 2 saturated carbocycles. The molecule has 1 aromatic heterocycles. The van der Waals surface area contributed by atoms with Gasteiger partial charge in [-0.3, -0.25) is 23.9 Å². The van der Waals surface area contributed by atoms with Crippen LogP contribution in [0, 0.1) is 11.8 Å². The molecule has 0 bridgehead atoms. The van der Waals surface area contributed by atoms with Crippen LogP contribution < -0.4 is 19.5 Å². The monoisotopic (exact) mass is 813 g/mol. The average Bonchev–Trinajstić information content (AvgIpc) is 4.16. The van der Waals surface area contributed by atoms with Crippen molar-refractivity contribution in [2.75, 3.05) is 40.0 Å². The number of rotatable bonds is 9. The topological polar surface area (TPSA) is 174 Å². The standard InChI is InChI=1S/C43H51N5O9S/c1-55-31-14-17-34-36(23-31)44-35(28-10-7-5-8-11-28)25-38(34)57-32-24-37-40(50)45-43(42(52)46-58(53,54)33-15-16-33)26-30(43)13-9-4-2-3-6-12-29(41(51)48(37)27-32)22-39(49)47-18-20-56-21-19-47/h5,7-11,13-14,17,23,25,29-30,32-33,37H,2-4,6,12,15-16,18-22,24,26-27H2,1H3,(H,45,50)(H,46,52)/t29-,30-,32-,37+,43-/m1/s1. The van der Waals surface area contributed by atoms with E-state index in [2.05, 4.69) is 10.0 Å². The highest BCUT2D eigenvalue weighted by molar-refractivity contribution is 7.91. The molecule has 3 aromatic rings. The number of ether oxygens (including phenoxy) is 3. The summed E-state index contributed by atoms with van der Waals surface area (Å²) in [4.78, 5) is 65.1. The third-order valence-electron chi connectivity index (χ3n) is 12.1. The number of allylic oxidation sites excluding steroid dienone is 1. The van der Waals surface area contributed by atoms with Crippen LogP contribution in [0.15, 0.2) is 66.7 Å². The minimum Gasteiger partial charge on any atom is -0.497 e. The van der Waals surface area contributed by atoms with Gasteiger partial charge in [0, 0.05) is 60.8 Å². The van der Waals surface area contributed by atoms with E-state index in [1.807, 2.05) is 66.7 Å². The molecule has 0 spiro atoms. The third kappa shape index (κ3) is 8.56. The second-order valence-electron chi connectivity index (χ2n) is 16.1. The lowest BCUT2D eigenvalue weighted by molar-refractivity contribution is -0.146. The first-order valence-corrected chi connectivity index (χ1v) is 22.0. The van der Waals surface area contributed by atoms with Gasteiger partial charge < -0.3 is 29.3 Å². The number of amides is 4. The smallest absolute Gasteiger partial charge is 0.259 e. The van der Waals surface area contributed by atoms with Crippen molar-refractivity contribution >= 4 is 44.6 Å². The number of carbonyl (C=O) groups excluding carboxylic acids is 4. The Morgan fingerprint density at radius 2 is 1.81 bits per heavy atom. The lowest BCUT2D eigenvalue weighted by Gasteiger charge is -2.31. The fourth-order valence-electron chi connectivity index (χ4n) is 8.47. The Balaban J connectivity index is 1.12. The normalized spacial score (nSPS) is 26.8. The zero-order chi connectivity index (χ0) is 40.4. The largest absolute Gasteiger partial charge is 0.497 e. The van der Waals surface area contributed by atoms with Crippen molar-refractivity contribution in [3.8, 4) is 22.8 Å². The highest BCUT2D eigenvalue weighted by atomic mass is 32.2. The molecule has 2 aliphatic carbocycles. The highest BCUT2D eigenvalue weighted by Crippen LogP contribution is 2.46. The molecular formula is C43H51N5O9S. The van der Waals surface area contributed by atoms with Crippen molar-refractivity contribution < 1.29 is 41.8 Å². The summed E-state index contributed by atoms with van der Waals surface area (Å²) >= 11 is 0. The van der Waals surface area contributed by atoms with Crippen LogP contribution >= 0.6 is 0 Å². The van der Waals surface area contributed by atoms with Gasteiger partial charge in [0.25, 0.3) is 5.91 Å². The number of sulfonamides is 1. The van der Waals surface area contributed by atoms with Gasteiger partial charge >= 0.3 is 0 Å². The Hall–Kier alpha value is -5.02. The Morgan fingerprint density at radius 1 is 1.02 bits per heavy atom. The summed E-state index contributed by atoms with van der Waals surface area (Å²) < 4.78 is 45.9. The van der Waals surface area contributed by atoms with E-state index in [0.717, 1.165) is 36.6 Å². The van der Waals surface area contributed by atoms with E-state index in [1.165, 1.54) is 4.90 Å². The lowest BCUT2D eigenvalue weighted by Crippen LogP contribution is -2.57. The Kier molecular flexibility index (Phi) is 11.4. The van der Waals surface area contributed by atoms with Crippen molar-refractivity contribution in [1.82, 2.24) is 24.8 Å². The van der Waals surface area contributed by atoms with Gasteiger partial charge in [0.2, 0.25) is 27.7 Å². The van der Waals surface area contributed by atoms with Gasteiger partial charge in [-0.15, -0.1) is 0 Å². The zero-order valence-corrected chi connectivity index (χ0v) is 33.6. The van der Waals surface area contributed by atoms with E-state index in [0.29, 0.717) is 68.3 Å². The van der Waals surface area contributed by atoms with E-state index >= 15 is 0 Å². The number of nitrogens with one attached hydrogen (secondary N) is 2. The van der Waals surface area contributed by atoms with Crippen LogP contribution in [0.2, 0.25) is 0 Å². The predicted molar refractivity (Wildman–Crippen MR) is 215 cm³/mol. The van der Waals surface area contributed by atoms with Crippen LogP contribution in [0.25, 0.3) is 22.2 Å². The van der Waals surface area contributed by atoms with Crippen molar-refractivity contribution in [2.45, 2.75) is 87.1 Å². The summed E-state index contributed by atoms with van der Waals surface area (Å²) in [6.07, 6.45) is 8.09. The third-order valence-corrected chi connectivity index (χ3v) is 13.9. The summed E-state index contributed by atoms with van der Waals surface area (Å²) in [5, 5.41) is 3.04. The highest BCUT2D eigenvalue weighted by Gasteiger charge is 2.62. The van der Waals surface area contributed by atoms with Gasteiger partial charge in [-0.05, 0) is 50.7 Å².